The van der Waals surface area contributed by atoms with Gasteiger partial charge in [0.1, 0.15) is 0 Å². The Bertz CT molecular complexity index is 607. The average Bonchev–Trinajstić information content (AvgIpc) is 2.71. The topological polar surface area (TPSA) is 72.2 Å². The van der Waals surface area contributed by atoms with Gasteiger partial charge in [-0.05, 0) is 29.7 Å². The van der Waals surface area contributed by atoms with Gasteiger partial charge in [0, 0.05) is 39.7 Å². The van der Waals surface area contributed by atoms with E-state index >= 15 is 0 Å². The zero-order chi connectivity index (χ0) is 13.1. The molecule has 2 aromatic rings. The molecule has 1 amide bonds. The van der Waals surface area contributed by atoms with Crippen LogP contribution in [0.3, 0.4) is 0 Å². The van der Waals surface area contributed by atoms with Crippen molar-refractivity contribution in [2.45, 2.75) is 0 Å². The number of rotatable bonds is 4. The number of nitrogens with one attached hydrogen (secondary N) is 1. The molecule has 0 spiro atoms. The molecular formula is C12H14N2O2S2. The van der Waals surface area contributed by atoms with Crippen LogP contribution in [-0.4, -0.2) is 28.7 Å². The largest absolute Gasteiger partial charge is 0.399 e. The summed E-state index contributed by atoms with van der Waals surface area (Å²) in [5, 5.41) is 3.73. The summed E-state index contributed by atoms with van der Waals surface area (Å²) in [6, 6.07) is 7.41. The minimum absolute atomic E-state index is 0.125. The molecule has 6 heteroatoms. The third-order valence-electron chi connectivity index (χ3n) is 2.44. The van der Waals surface area contributed by atoms with Crippen molar-refractivity contribution >= 4 is 43.8 Å². The number of amides is 1. The quantitative estimate of drug-likeness (QED) is 0.837. The molecule has 1 aromatic heterocycles. The average molecular weight is 282 g/mol. The summed E-state index contributed by atoms with van der Waals surface area (Å²) < 4.78 is 11.9. The number of fused-ring (bicyclic) bond motifs is 1. The second-order valence-corrected chi connectivity index (χ2v) is 6.58. The van der Waals surface area contributed by atoms with E-state index in [4.69, 9.17) is 5.73 Å². The Balaban J connectivity index is 2.10. The lowest BCUT2D eigenvalue weighted by molar-refractivity contribution is 0.0960. The molecule has 0 bridgehead atoms. The number of hydrogen-bond acceptors (Lipinski definition) is 4. The molecule has 4 nitrogen and oxygen atoms in total. The minimum atomic E-state index is -0.884. The molecule has 3 N–H and O–H groups in total. The van der Waals surface area contributed by atoms with Gasteiger partial charge < -0.3 is 11.1 Å². The van der Waals surface area contributed by atoms with E-state index in [1.54, 1.807) is 6.26 Å². The Morgan fingerprint density at radius 3 is 2.94 bits per heavy atom. The van der Waals surface area contributed by atoms with Crippen LogP contribution in [0, 0.1) is 0 Å². The van der Waals surface area contributed by atoms with Crippen LogP contribution in [0.5, 0.6) is 0 Å². The number of anilines is 1. The molecule has 0 radical (unpaired) electrons. The van der Waals surface area contributed by atoms with Gasteiger partial charge in [0.15, 0.2) is 0 Å². The molecule has 18 heavy (non-hydrogen) atoms. The molecule has 2 rings (SSSR count). The molecule has 0 aliphatic rings. The van der Waals surface area contributed by atoms with E-state index in [0.29, 0.717) is 22.9 Å². The predicted molar refractivity (Wildman–Crippen MR) is 77.5 cm³/mol. The lowest BCUT2D eigenvalue weighted by Crippen LogP contribution is -2.26. The Morgan fingerprint density at radius 1 is 1.44 bits per heavy atom. The summed E-state index contributed by atoms with van der Waals surface area (Å²) in [5.41, 5.74) is 6.38. The summed E-state index contributed by atoms with van der Waals surface area (Å²) in [7, 11) is -0.884. The van der Waals surface area contributed by atoms with Crippen LogP contribution < -0.4 is 11.1 Å². The minimum Gasteiger partial charge on any atom is -0.399 e. The first-order chi connectivity index (χ1) is 8.56. The van der Waals surface area contributed by atoms with Gasteiger partial charge in [-0.25, -0.2) is 0 Å². The Morgan fingerprint density at radius 2 is 2.22 bits per heavy atom. The summed E-state index contributed by atoms with van der Waals surface area (Å²) in [5.74, 6) is 0.351. The van der Waals surface area contributed by atoms with Crippen molar-refractivity contribution in [3.8, 4) is 0 Å². The van der Waals surface area contributed by atoms with Gasteiger partial charge in [-0.15, -0.1) is 11.3 Å². The van der Waals surface area contributed by atoms with Crippen molar-refractivity contribution in [3.05, 3.63) is 29.1 Å². The maximum atomic E-state index is 11.8. The second-order valence-electron chi connectivity index (χ2n) is 3.94. The van der Waals surface area contributed by atoms with Gasteiger partial charge >= 0.3 is 0 Å². The predicted octanol–water partition coefficient (Wildman–Crippen LogP) is 1.59. The Hall–Kier alpha value is -1.40. The molecule has 0 saturated heterocycles. The van der Waals surface area contributed by atoms with Crippen LogP contribution in [0.4, 0.5) is 5.69 Å². The fourth-order valence-electron chi connectivity index (χ4n) is 1.57. The first-order valence-corrected chi connectivity index (χ1v) is 7.98. The van der Waals surface area contributed by atoms with Crippen LogP contribution in [-0.2, 0) is 10.8 Å². The normalized spacial score (nSPS) is 12.5. The van der Waals surface area contributed by atoms with E-state index in [1.807, 2.05) is 24.3 Å². The summed E-state index contributed by atoms with van der Waals surface area (Å²) in [6.45, 7) is 0.429. The molecule has 1 unspecified atom stereocenters. The highest BCUT2D eigenvalue weighted by atomic mass is 32.2. The van der Waals surface area contributed by atoms with E-state index in [-0.39, 0.29) is 5.91 Å². The third-order valence-corrected chi connectivity index (χ3v) is 4.33. The van der Waals surface area contributed by atoms with Crippen molar-refractivity contribution in [1.82, 2.24) is 5.32 Å². The number of benzene rings is 1. The van der Waals surface area contributed by atoms with Crippen molar-refractivity contribution in [2.24, 2.45) is 0 Å². The van der Waals surface area contributed by atoms with E-state index in [9.17, 15) is 9.00 Å². The summed E-state index contributed by atoms with van der Waals surface area (Å²) in [6.07, 6.45) is 1.62. The molecule has 1 aromatic carbocycles. The smallest absolute Gasteiger partial charge is 0.261 e. The van der Waals surface area contributed by atoms with E-state index in [0.717, 1.165) is 10.1 Å². The third kappa shape index (κ3) is 3.08. The molecular weight excluding hydrogens is 268 g/mol. The van der Waals surface area contributed by atoms with Gasteiger partial charge in [0.25, 0.3) is 5.91 Å². The number of carbonyl (C=O) groups excluding carboxylic acids is 1. The van der Waals surface area contributed by atoms with Gasteiger partial charge in [-0.3, -0.25) is 9.00 Å². The fraction of sp³-hybridized carbons (Fsp3) is 0.250. The molecule has 1 heterocycles. The SMILES string of the molecule is CS(=O)CCNC(=O)c1cc2cc(N)ccc2s1. The maximum Gasteiger partial charge on any atom is 0.261 e. The van der Waals surface area contributed by atoms with Crippen molar-refractivity contribution in [3.63, 3.8) is 0 Å². The van der Waals surface area contributed by atoms with Gasteiger partial charge in [-0.2, -0.15) is 0 Å². The molecule has 0 aliphatic carbocycles. The van der Waals surface area contributed by atoms with Gasteiger partial charge in [0.2, 0.25) is 0 Å². The first-order valence-electron chi connectivity index (χ1n) is 5.43. The van der Waals surface area contributed by atoms with Crippen LogP contribution in [0.1, 0.15) is 9.67 Å². The van der Waals surface area contributed by atoms with Gasteiger partial charge in [-0.1, -0.05) is 0 Å². The number of nitrogens with two attached hydrogens (primary N) is 1. The summed E-state index contributed by atoms with van der Waals surface area (Å²) >= 11 is 1.43. The van der Waals surface area contributed by atoms with Crippen LogP contribution in [0.25, 0.3) is 10.1 Å². The van der Waals surface area contributed by atoms with E-state index in [2.05, 4.69) is 5.32 Å². The number of nitrogen functional groups attached to an aromatic ring is 1. The highest BCUT2D eigenvalue weighted by Crippen LogP contribution is 2.27. The fourth-order valence-corrected chi connectivity index (χ4v) is 2.92. The molecule has 0 saturated carbocycles. The Kier molecular flexibility index (Phi) is 3.98. The van der Waals surface area contributed by atoms with Crippen LogP contribution >= 0.6 is 11.3 Å². The number of thiophene rings is 1. The van der Waals surface area contributed by atoms with E-state index in [1.165, 1.54) is 11.3 Å². The standard InChI is InChI=1S/C12H14N2O2S2/c1-18(16)5-4-14-12(15)11-7-8-6-9(13)2-3-10(8)17-11/h2-3,6-7H,4-5,13H2,1H3,(H,14,15). The first kappa shape index (κ1) is 13.0. The zero-order valence-electron chi connectivity index (χ0n) is 9.93. The van der Waals surface area contributed by atoms with E-state index < -0.39 is 10.8 Å². The van der Waals surface area contributed by atoms with Crippen molar-refractivity contribution in [2.75, 3.05) is 24.3 Å². The van der Waals surface area contributed by atoms with Crippen molar-refractivity contribution in [1.29, 1.82) is 0 Å². The van der Waals surface area contributed by atoms with Gasteiger partial charge in [0.05, 0.1) is 4.88 Å². The summed E-state index contributed by atoms with van der Waals surface area (Å²) in [4.78, 5) is 12.5. The molecule has 0 aliphatic heterocycles. The number of carbonyl (C=O) groups is 1. The van der Waals surface area contributed by atoms with Crippen molar-refractivity contribution < 1.29 is 9.00 Å². The maximum absolute atomic E-state index is 11.8. The molecule has 0 fully saturated rings. The zero-order valence-corrected chi connectivity index (χ0v) is 11.6. The Labute approximate surface area is 112 Å². The molecule has 1 atom stereocenters. The number of hydrogen-bond donors (Lipinski definition) is 2. The highest BCUT2D eigenvalue weighted by molar-refractivity contribution is 7.84. The molecule has 96 valence electrons. The van der Waals surface area contributed by atoms with Crippen LogP contribution in [0.15, 0.2) is 24.3 Å². The highest BCUT2D eigenvalue weighted by Gasteiger charge is 2.09. The second kappa shape index (κ2) is 5.49. The monoisotopic (exact) mass is 282 g/mol. The lowest BCUT2D eigenvalue weighted by atomic mass is 10.2. The van der Waals surface area contributed by atoms with Crippen LogP contribution in [0.2, 0.25) is 0 Å². The lowest BCUT2D eigenvalue weighted by Gasteiger charge is -2.00.